The van der Waals surface area contributed by atoms with Crippen LogP contribution in [0, 0.1) is 0 Å². The van der Waals surface area contributed by atoms with Gasteiger partial charge in [-0.25, -0.2) is 0 Å². The van der Waals surface area contributed by atoms with Crippen LogP contribution in [-0.4, -0.2) is 55.2 Å². The Balaban J connectivity index is 1.43. The molecule has 0 bridgehead atoms. The highest BCUT2D eigenvalue weighted by Crippen LogP contribution is 2.34. The molecule has 1 fully saturated rings. The molecule has 1 aromatic carbocycles. The molecule has 2 N–H and O–H groups in total. The van der Waals surface area contributed by atoms with Crippen molar-refractivity contribution in [3.63, 3.8) is 0 Å². The minimum Gasteiger partial charge on any atom is -0.379 e. The van der Waals surface area contributed by atoms with Crippen molar-refractivity contribution in [2.24, 2.45) is 0 Å². The van der Waals surface area contributed by atoms with Crippen LogP contribution in [0.3, 0.4) is 0 Å². The number of fused-ring (bicyclic) bond motifs is 1. The van der Waals surface area contributed by atoms with E-state index in [1.165, 1.54) is 16.5 Å². The monoisotopic (exact) mass is 383 g/mol. The number of nitrogens with one attached hydrogen (secondary N) is 2. The Morgan fingerprint density at radius 1 is 1.26 bits per heavy atom. The van der Waals surface area contributed by atoms with Gasteiger partial charge in [-0.1, -0.05) is 18.2 Å². The van der Waals surface area contributed by atoms with Gasteiger partial charge >= 0.3 is 0 Å². The van der Waals surface area contributed by atoms with Gasteiger partial charge in [0.2, 0.25) is 5.91 Å². The summed E-state index contributed by atoms with van der Waals surface area (Å²) >= 11 is 1.67. The molecule has 1 aliphatic rings. The number of hydrogen-bond donors (Lipinski definition) is 2. The van der Waals surface area contributed by atoms with Gasteiger partial charge in [-0.05, 0) is 34.0 Å². The number of rotatable bonds is 7. The quantitative estimate of drug-likeness (QED) is 0.659. The molecule has 142 valence electrons. The highest BCUT2D eigenvalue weighted by atomic mass is 32.1. The maximum Gasteiger partial charge on any atom is 0.220 e. The van der Waals surface area contributed by atoms with Crippen LogP contribution in [0.2, 0.25) is 0 Å². The molecule has 1 amide bonds. The van der Waals surface area contributed by atoms with E-state index in [1.54, 1.807) is 11.3 Å². The van der Waals surface area contributed by atoms with Crippen molar-refractivity contribution < 1.29 is 9.53 Å². The van der Waals surface area contributed by atoms with Crippen LogP contribution in [0.4, 0.5) is 0 Å². The number of ether oxygens (including phenoxy) is 1. The van der Waals surface area contributed by atoms with Gasteiger partial charge in [-0.2, -0.15) is 11.3 Å². The van der Waals surface area contributed by atoms with Crippen LogP contribution >= 0.6 is 11.3 Å². The first-order valence-corrected chi connectivity index (χ1v) is 10.4. The highest BCUT2D eigenvalue weighted by molar-refractivity contribution is 7.08. The molecule has 0 saturated carbocycles. The predicted molar refractivity (Wildman–Crippen MR) is 109 cm³/mol. The number of H-pyrrole nitrogens is 1. The Morgan fingerprint density at radius 3 is 2.93 bits per heavy atom. The first-order chi connectivity index (χ1) is 13.3. The van der Waals surface area contributed by atoms with Gasteiger partial charge in [-0.3, -0.25) is 9.69 Å². The molecule has 3 aromatic rings. The van der Waals surface area contributed by atoms with Gasteiger partial charge < -0.3 is 15.0 Å². The minimum atomic E-state index is 0.0655. The summed E-state index contributed by atoms with van der Waals surface area (Å²) in [7, 11) is 0. The van der Waals surface area contributed by atoms with Crippen molar-refractivity contribution in [2.75, 3.05) is 39.4 Å². The molecule has 1 atom stereocenters. The number of aromatic nitrogens is 1. The van der Waals surface area contributed by atoms with Crippen LogP contribution in [0.25, 0.3) is 10.9 Å². The molecule has 4 rings (SSSR count). The van der Waals surface area contributed by atoms with Crippen LogP contribution < -0.4 is 5.32 Å². The molecule has 5 nitrogen and oxygen atoms in total. The van der Waals surface area contributed by atoms with Gasteiger partial charge in [0.15, 0.2) is 0 Å². The molecular formula is C21H25N3O2S. The van der Waals surface area contributed by atoms with Gasteiger partial charge in [0.1, 0.15) is 0 Å². The normalized spacial score (nSPS) is 16.4. The summed E-state index contributed by atoms with van der Waals surface area (Å²) in [5.74, 6) is 0.167. The number of morpholine rings is 1. The van der Waals surface area contributed by atoms with Gasteiger partial charge in [0.05, 0.1) is 13.2 Å². The Bertz CT molecular complexity index is 869. The van der Waals surface area contributed by atoms with Crippen LogP contribution in [0.1, 0.15) is 23.5 Å². The van der Waals surface area contributed by atoms with Gasteiger partial charge in [-0.15, -0.1) is 0 Å². The number of thiophene rings is 1. The van der Waals surface area contributed by atoms with E-state index in [-0.39, 0.29) is 11.8 Å². The second kappa shape index (κ2) is 8.69. The summed E-state index contributed by atoms with van der Waals surface area (Å²) in [6, 6.07) is 10.4. The Hall–Kier alpha value is -2.15. The molecule has 1 saturated heterocycles. The van der Waals surface area contributed by atoms with E-state index < -0.39 is 0 Å². The second-order valence-corrected chi connectivity index (χ2v) is 7.69. The van der Waals surface area contributed by atoms with E-state index in [9.17, 15) is 4.79 Å². The highest BCUT2D eigenvalue weighted by Gasteiger charge is 2.22. The third-order valence-corrected chi connectivity index (χ3v) is 5.89. The Kier molecular flexibility index (Phi) is 5.87. The first kappa shape index (κ1) is 18.2. The largest absolute Gasteiger partial charge is 0.379 e. The summed E-state index contributed by atoms with van der Waals surface area (Å²) < 4.78 is 5.37. The number of carbonyl (C=O) groups excluding carboxylic acids is 1. The van der Waals surface area contributed by atoms with Crippen molar-refractivity contribution in [3.8, 4) is 0 Å². The molecule has 3 heterocycles. The summed E-state index contributed by atoms with van der Waals surface area (Å²) in [5, 5.41) is 8.52. The topological polar surface area (TPSA) is 57.4 Å². The minimum absolute atomic E-state index is 0.0655. The number of benzene rings is 1. The van der Waals surface area contributed by atoms with Crippen molar-refractivity contribution in [2.45, 2.75) is 12.3 Å². The molecule has 1 aliphatic heterocycles. The van der Waals surface area contributed by atoms with E-state index in [0.29, 0.717) is 13.0 Å². The third kappa shape index (κ3) is 4.40. The zero-order valence-electron chi connectivity index (χ0n) is 15.3. The lowest BCUT2D eigenvalue weighted by Crippen LogP contribution is -2.41. The van der Waals surface area contributed by atoms with Gasteiger partial charge in [0.25, 0.3) is 0 Å². The first-order valence-electron chi connectivity index (χ1n) is 9.46. The zero-order chi connectivity index (χ0) is 18.5. The average Bonchev–Trinajstić information content (AvgIpc) is 3.37. The molecule has 1 unspecified atom stereocenters. The maximum atomic E-state index is 12.7. The number of carbonyl (C=O) groups is 1. The molecule has 0 spiro atoms. The fourth-order valence-electron chi connectivity index (χ4n) is 3.70. The molecule has 27 heavy (non-hydrogen) atoms. The van der Waals surface area contributed by atoms with Crippen molar-refractivity contribution in [3.05, 3.63) is 58.4 Å². The smallest absolute Gasteiger partial charge is 0.220 e. The molecule has 2 aromatic heterocycles. The Morgan fingerprint density at radius 2 is 2.11 bits per heavy atom. The van der Waals surface area contributed by atoms with E-state index in [1.807, 2.05) is 18.3 Å². The summed E-state index contributed by atoms with van der Waals surface area (Å²) in [6.45, 7) is 5.03. The standard InChI is InChI=1S/C21H25N3O2S/c25-21(22-6-7-24-8-10-26-11-9-24)13-18(16-5-12-27-15-16)19-14-23-20-4-2-1-3-17(19)20/h1-5,12,14-15,18,23H,6-11,13H2,(H,22,25). The molecule has 6 heteroatoms. The molecule has 0 radical (unpaired) electrons. The number of hydrogen-bond acceptors (Lipinski definition) is 4. The lowest BCUT2D eigenvalue weighted by molar-refractivity contribution is -0.121. The van der Waals surface area contributed by atoms with Crippen molar-refractivity contribution in [1.82, 2.24) is 15.2 Å². The van der Waals surface area contributed by atoms with Crippen molar-refractivity contribution in [1.29, 1.82) is 0 Å². The zero-order valence-corrected chi connectivity index (χ0v) is 16.1. The fraction of sp³-hybridized carbons (Fsp3) is 0.381. The summed E-state index contributed by atoms with van der Waals surface area (Å²) in [4.78, 5) is 18.3. The average molecular weight is 384 g/mol. The molecular weight excluding hydrogens is 358 g/mol. The SMILES string of the molecule is O=C(CC(c1ccsc1)c1c[nH]c2ccccc12)NCCN1CCOCC1. The van der Waals surface area contributed by atoms with E-state index in [0.717, 1.165) is 38.4 Å². The Labute approximate surface area is 163 Å². The number of aromatic amines is 1. The van der Waals surface area contributed by atoms with Crippen LogP contribution in [0.15, 0.2) is 47.3 Å². The van der Waals surface area contributed by atoms with E-state index >= 15 is 0 Å². The molecule has 0 aliphatic carbocycles. The number of nitrogens with zero attached hydrogens (tertiary/aromatic N) is 1. The van der Waals surface area contributed by atoms with Crippen LogP contribution in [-0.2, 0) is 9.53 Å². The number of para-hydroxylation sites is 1. The van der Waals surface area contributed by atoms with Crippen molar-refractivity contribution >= 4 is 28.1 Å². The summed E-state index contributed by atoms with van der Waals surface area (Å²) in [6.07, 6.45) is 2.51. The van der Waals surface area contributed by atoms with E-state index in [2.05, 4.69) is 44.2 Å². The lowest BCUT2D eigenvalue weighted by Gasteiger charge is -2.26. The predicted octanol–water partition coefficient (Wildman–Crippen LogP) is 3.20. The van der Waals surface area contributed by atoms with Gasteiger partial charge in [0, 0.05) is 55.6 Å². The summed E-state index contributed by atoms with van der Waals surface area (Å²) in [5.41, 5.74) is 3.50. The van der Waals surface area contributed by atoms with Crippen LogP contribution in [0.5, 0.6) is 0 Å². The lowest BCUT2D eigenvalue weighted by atomic mass is 9.89. The maximum absolute atomic E-state index is 12.7. The third-order valence-electron chi connectivity index (χ3n) is 5.19. The second-order valence-electron chi connectivity index (χ2n) is 6.91. The number of amides is 1. The fourth-order valence-corrected chi connectivity index (χ4v) is 4.41. The van der Waals surface area contributed by atoms with E-state index in [4.69, 9.17) is 4.74 Å².